The first-order valence-corrected chi connectivity index (χ1v) is 7.67. The Bertz CT molecular complexity index is 219. The van der Waals surface area contributed by atoms with Gasteiger partial charge in [0.2, 0.25) is 0 Å². The summed E-state index contributed by atoms with van der Waals surface area (Å²) in [5.74, 6) is 0.999. The van der Waals surface area contributed by atoms with E-state index in [1.54, 1.807) is 0 Å². The second-order valence-electron chi connectivity index (χ2n) is 5.91. The lowest BCUT2D eigenvalue weighted by molar-refractivity contribution is -0.230. The summed E-state index contributed by atoms with van der Waals surface area (Å²) in [5, 5.41) is 0. The van der Waals surface area contributed by atoms with Crippen LogP contribution in [0.2, 0.25) is 0 Å². The smallest absolute Gasteiger partial charge is 0.160 e. The third-order valence-electron chi connectivity index (χ3n) is 4.29. The van der Waals surface area contributed by atoms with E-state index in [0.29, 0.717) is 24.7 Å². The van der Waals surface area contributed by atoms with Crippen molar-refractivity contribution in [1.82, 2.24) is 0 Å². The van der Waals surface area contributed by atoms with Crippen LogP contribution in [0, 0.1) is 11.8 Å². The summed E-state index contributed by atoms with van der Waals surface area (Å²) in [5.41, 5.74) is 0. The molecular formula is C15H27FO2. The largest absolute Gasteiger partial charge is 0.352 e. The van der Waals surface area contributed by atoms with Crippen LogP contribution in [0.4, 0.5) is 4.39 Å². The molecule has 2 aliphatic rings. The lowest BCUT2D eigenvalue weighted by Gasteiger charge is -2.36. The van der Waals surface area contributed by atoms with Crippen LogP contribution in [0.25, 0.3) is 0 Å². The van der Waals surface area contributed by atoms with Crippen molar-refractivity contribution in [1.29, 1.82) is 0 Å². The molecule has 0 amide bonds. The van der Waals surface area contributed by atoms with E-state index in [-0.39, 0.29) is 6.29 Å². The van der Waals surface area contributed by atoms with E-state index in [1.165, 1.54) is 25.7 Å². The van der Waals surface area contributed by atoms with Crippen molar-refractivity contribution in [3.63, 3.8) is 0 Å². The molecule has 1 heterocycles. The lowest BCUT2D eigenvalue weighted by Crippen LogP contribution is -2.38. The van der Waals surface area contributed by atoms with Gasteiger partial charge in [-0.25, -0.2) is 4.39 Å². The molecule has 1 aliphatic heterocycles. The topological polar surface area (TPSA) is 18.5 Å². The summed E-state index contributed by atoms with van der Waals surface area (Å²) in [4.78, 5) is 0. The van der Waals surface area contributed by atoms with Gasteiger partial charge in [0, 0.05) is 11.8 Å². The number of hydrogen-bond acceptors (Lipinski definition) is 2. The van der Waals surface area contributed by atoms with Crippen molar-refractivity contribution < 1.29 is 13.9 Å². The summed E-state index contributed by atoms with van der Waals surface area (Å²) >= 11 is 0. The Morgan fingerprint density at radius 3 is 2.28 bits per heavy atom. The Hall–Kier alpha value is -0.150. The SMILES string of the molecule is CCCCC[C@H]1CO[C@H](C2CCC(F)CC2)OC1. The van der Waals surface area contributed by atoms with E-state index in [9.17, 15) is 4.39 Å². The van der Waals surface area contributed by atoms with Crippen molar-refractivity contribution in [2.75, 3.05) is 13.2 Å². The molecule has 0 unspecified atom stereocenters. The molecule has 0 radical (unpaired) electrons. The standard InChI is InChI=1S/C15H27FO2/c1-2-3-4-5-12-10-17-15(18-11-12)13-6-8-14(16)9-7-13/h12-15H,2-11H2,1H3/t12-,13?,14?,15-. The molecule has 0 spiro atoms. The molecule has 2 rings (SSSR count). The maximum atomic E-state index is 13.1. The number of ether oxygens (including phenoxy) is 2. The van der Waals surface area contributed by atoms with Gasteiger partial charge in [-0.15, -0.1) is 0 Å². The molecule has 1 aliphatic carbocycles. The van der Waals surface area contributed by atoms with E-state index in [4.69, 9.17) is 9.47 Å². The molecular weight excluding hydrogens is 231 g/mol. The van der Waals surface area contributed by atoms with Gasteiger partial charge in [-0.1, -0.05) is 26.2 Å². The minimum atomic E-state index is -0.591. The first-order chi connectivity index (χ1) is 8.79. The zero-order chi connectivity index (χ0) is 12.8. The fourth-order valence-corrected chi connectivity index (χ4v) is 3.03. The molecule has 106 valence electrons. The molecule has 1 saturated heterocycles. The average Bonchev–Trinajstić information content (AvgIpc) is 2.41. The normalized spacial score (nSPS) is 37.7. The van der Waals surface area contributed by atoms with Crippen molar-refractivity contribution in [2.24, 2.45) is 11.8 Å². The Balaban J connectivity index is 1.63. The van der Waals surface area contributed by atoms with Gasteiger partial charge < -0.3 is 9.47 Å². The van der Waals surface area contributed by atoms with Crippen molar-refractivity contribution in [2.45, 2.75) is 70.8 Å². The highest BCUT2D eigenvalue weighted by Crippen LogP contribution is 2.32. The molecule has 0 aromatic rings. The van der Waals surface area contributed by atoms with Crippen LogP contribution >= 0.6 is 0 Å². The minimum absolute atomic E-state index is 0.0556. The number of alkyl halides is 1. The first kappa shape index (κ1) is 14.3. The number of halogens is 1. The van der Waals surface area contributed by atoms with Crippen LogP contribution in [-0.2, 0) is 9.47 Å². The van der Waals surface area contributed by atoms with Crippen LogP contribution in [-0.4, -0.2) is 25.7 Å². The Morgan fingerprint density at radius 2 is 1.67 bits per heavy atom. The van der Waals surface area contributed by atoms with Crippen LogP contribution in [0.15, 0.2) is 0 Å². The third-order valence-corrected chi connectivity index (χ3v) is 4.29. The van der Waals surface area contributed by atoms with Gasteiger partial charge in [0.1, 0.15) is 6.17 Å². The molecule has 2 fully saturated rings. The zero-order valence-corrected chi connectivity index (χ0v) is 11.6. The molecule has 2 nitrogen and oxygen atoms in total. The summed E-state index contributed by atoms with van der Waals surface area (Å²) < 4.78 is 24.8. The van der Waals surface area contributed by atoms with Crippen LogP contribution in [0.1, 0.15) is 58.3 Å². The quantitative estimate of drug-likeness (QED) is 0.692. The highest BCUT2D eigenvalue weighted by Gasteiger charge is 2.32. The van der Waals surface area contributed by atoms with Gasteiger partial charge in [0.05, 0.1) is 13.2 Å². The molecule has 3 heteroatoms. The monoisotopic (exact) mass is 258 g/mol. The van der Waals surface area contributed by atoms with E-state index < -0.39 is 6.17 Å². The van der Waals surface area contributed by atoms with Gasteiger partial charge in [-0.3, -0.25) is 0 Å². The van der Waals surface area contributed by atoms with Crippen LogP contribution in [0.3, 0.4) is 0 Å². The van der Waals surface area contributed by atoms with Gasteiger partial charge in [0.15, 0.2) is 6.29 Å². The van der Waals surface area contributed by atoms with Gasteiger partial charge in [0.25, 0.3) is 0 Å². The average molecular weight is 258 g/mol. The van der Waals surface area contributed by atoms with Crippen LogP contribution in [0.5, 0.6) is 0 Å². The Kier molecular flexibility index (Phi) is 5.90. The molecule has 0 bridgehead atoms. The van der Waals surface area contributed by atoms with E-state index in [2.05, 4.69) is 6.92 Å². The zero-order valence-electron chi connectivity index (χ0n) is 11.6. The molecule has 0 atom stereocenters. The summed E-state index contributed by atoms with van der Waals surface area (Å²) in [6.07, 6.45) is 7.65. The van der Waals surface area contributed by atoms with E-state index in [1.807, 2.05) is 0 Å². The van der Waals surface area contributed by atoms with Crippen LogP contribution < -0.4 is 0 Å². The number of hydrogen-bond donors (Lipinski definition) is 0. The number of unbranched alkanes of at least 4 members (excludes halogenated alkanes) is 2. The van der Waals surface area contributed by atoms with Gasteiger partial charge in [-0.2, -0.15) is 0 Å². The number of rotatable bonds is 5. The minimum Gasteiger partial charge on any atom is -0.352 e. The third kappa shape index (κ3) is 4.20. The summed E-state index contributed by atoms with van der Waals surface area (Å²) in [6.45, 7) is 3.90. The Labute approximate surface area is 110 Å². The molecule has 0 aromatic carbocycles. The summed E-state index contributed by atoms with van der Waals surface area (Å²) in [7, 11) is 0. The van der Waals surface area contributed by atoms with E-state index >= 15 is 0 Å². The van der Waals surface area contributed by atoms with Gasteiger partial charge in [-0.05, 0) is 32.1 Å². The van der Waals surface area contributed by atoms with Crippen molar-refractivity contribution >= 4 is 0 Å². The van der Waals surface area contributed by atoms with Crippen molar-refractivity contribution in [3.05, 3.63) is 0 Å². The van der Waals surface area contributed by atoms with E-state index in [0.717, 1.165) is 26.1 Å². The molecule has 0 aromatic heterocycles. The fourth-order valence-electron chi connectivity index (χ4n) is 3.03. The molecule has 0 N–H and O–H groups in total. The highest BCUT2D eigenvalue weighted by atomic mass is 19.1. The first-order valence-electron chi connectivity index (χ1n) is 7.67. The maximum Gasteiger partial charge on any atom is 0.160 e. The van der Waals surface area contributed by atoms with Gasteiger partial charge >= 0.3 is 0 Å². The van der Waals surface area contributed by atoms with Crippen molar-refractivity contribution in [3.8, 4) is 0 Å². The predicted octanol–water partition coefficient (Wildman–Crippen LogP) is 4.08. The second-order valence-corrected chi connectivity index (χ2v) is 5.91. The maximum absolute atomic E-state index is 13.1. The molecule has 18 heavy (non-hydrogen) atoms. The highest BCUT2D eigenvalue weighted by molar-refractivity contribution is 4.76. The molecule has 1 saturated carbocycles. The Morgan fingerprint density at radius 1 is 1.00 bits per heavy atom. The lowest BCUT2D eigenvalue weighted by atomic mass is 9.87. The summed E-state index contributed by atoms with van der Waals surface area (Å²) in [6, 6.07) is 0. The second kappa shape index (κ2) is 7.44. The fraction of sp³-hybridized carbons (Fsp3) is 1.00. The predicted molar refractivity (Wildman–Crippen MR) is 70.2 cm³/mol.